The van der Waals surface area contributed by atoms with Crippen molar-refractivity contribution in [3.05, 3.63) is 42.0 Å². The van der Waals surface area contributed by atoms with Crippen LogP contribution in [-0.2, 0) is 11.2 Å². The number of carbonyl (C=O) groups is 1. The van der Waals surface area contributed by atoms with Gasteiger partial charge in [0.2, 0.25) is 5.91 Å². The highest BCUT2D eigenvalue weighted by molar-refractivity contribution is 5.98. The van der Waals surface area contributed by atoms with E-state index in [2.05, 4.69) is 31.0 Å². The van der Waals surface area contributed by atoms with E-state index < -0.39 is 0 Å². The van der Waals surface area contributed by atoms with E-state index in [0.717, 1.165) is 12.1 Å². The Kier molecular flexibility index (Phi) is 3.09. The summed E-state index contributed by atoms with van der Waals surface area (Å²) in [5, 5.41) is 2.81. The van der Waals surface area contributed by atoms with Gasteiger partial charge in [-0.15, -0.1) is 0 Å². The van der Waals surface area contributed by atoms with E-state index in [1.165, 1.54) is 30.0 Å². The van der Waals surface area contributed by atoms with Crippen LogP contribution < -0.4 is 5.32 Å². The zero-order chi connectivity index (χ0) is 11.5. The Bertz CT molecular complexity index is 423. The molecule has 0 heterocycles. The van der Waals surface area contributed by atoms with Crippen molar-refractivity contribution in [2.45, 2.75) is 32.1 Å². The predicted octanol–water partition coefficient (Wildman–Crippen LogP) is 3.25. The van der Waals surface area contributed by atoms with Gasteiger partial charge in [0.05, 0.1) is 0 Å². The van der Waals surface area contributed by atoms with Gasteiger partial charge in [-0.1, -0.05) is 19.6 Å². The number of benzene rings is 1. The largest absolute Gasteiger partial charge is 0.323 e. The Balaban J connectivity index is 2.26. The summed E-state index contributed by atoms with van der Waals surface area (Å²) in [6.45, 7) is 5.69. The van der Waals surface area contributed by atoms with Crippen molar-refractivity contribution in [2.75, 3.05) is 5.32 Å². The van der Waals surface area contributed by atoms with Crippen LogP contribution >= 0.6 is 0 Å². The predicted molar refractivity (Wildman–Crippen MR) is 66.6 cm³/mol. The topological polar surface area (TPSA) is 29.1 Å². The molecule has 0 spiro atoms. The first-order chi connectivity index (χ1) is 7.70. The number of amides is 1. The Hall–Kier alpha value is -1.57. The van der Waals surface area contributed by atoms with Crippen molar-refractivity contribution in [3.63, 3.8) is 0 Å². The fourth-order valence-electron chi connectivity index (χ4n) is 2.31. The van der Waals surface area contributed by atoms with Crippen LogP contribution in [0.5, 0.6) is 0 Å². The molecule has 84 valence electrons. The lowest BCUT2D eigenvalue weighted by molar-refractivity contribution is -0.111. The quantitative estimate of drug-likeness (QED) is 0.754. The van der Waals surface area contributed by atoms with E-state index in [4.69, 9.17) is 0 Å². The normalized spacial score (nSPS) is 18.7. The van der Waals surface area contributed by atoms with Gasteiger partial charge in [-0.2, -0.15) is 0 Å². The minimum atomic E-state index is -0.150. The fourth-order valence-corrected chi connectivity index (χ4v) is 2.31. The van der Waals surface area contributed by atoms with E-state index in [0.29, 0.717) is 5.92 Å². The van der Waals surface area contributed by atoms with Crippen molar-refractivity contribution >= 4 is 11.6 Å². The average molecular weight is 215 g/mol. The molecule has 0 fully saturated rings. The number of nitrogens with one attached hydrogen (secondary N) is 1. The Labute approximate surface area is 96.4 Å². The van der Waals surface area contributed by atoms with Gasteiger partial charge in [-0.25, -0.2) is 0 Å². The van der Waals surface area contributed by atoms with Crippen LogP contribution in [0.15, 0.2) is 30.9 Å². The molecule has 0 aromatic heterocycles. The second-order valence-corrected chi connectivity index (χ2v) is 4.40. The number of anilines is 1. The number of hydrogen-bond donors (Lipinski definition) is 1. The van der Waals surface area contributed by atoms with Crippen LogP contribution in [0, 0.1) is 0 Å². The Morgan fingerprint density at radius 3 is 3.12 bits per heavy atom. The number of aryl methyl sites for hydroxylation is 1. The maximum absolute atomic E-state index is 11.2. The van der Waals surface area contributed by atoms with Crippen molar-refractivity contribution in [1.82, 2.24) is 0 Å². The summed E-state index contributed by atoms with van der Waals surface area (Å²) in [5.41, 5.74) is 3.68. The van der Waals surface area contributed by atoms with E-state index in [1.54, 1.807) is 0 Å². The minimum absolute atomic E-state index is 0.150. The molecular formula is C14H17NO. The smallest absolute Gasteiger partial charge is 0.247 e. The molecule has 1 aliphatic rings. The Morgan fingerprint density at radius 2 is 2.38 bits per heavy atom. The molecule has 1 aromatic carbocycles. The summed E-state index contributed by atoms with van der Waals surface area (Å²) in [4.78, 5) is 11.2. The van der Waals surface area contributed by atoms with Crippen LogP contribution in [-0.4, -0.2) is 5.91 Å². The van der Waals surface area contributed by atoms with Gasteiger partial charge in [-0.3, -0.25) is 4.79 Å². The first-order valence-corrected chi connectivity index (χ1v) is 5.77. The zero-order valence-corrected chi connectivity index (χ0v) is 9.62. The molecule has 1 aliphatic carbocycles. The third kappa shape index (κ3) is 2.16. The third-order valence-electron chi connectivity index (χ3n) is 3.21. The van der Waals surface area contributed by atoms with E-state index in [9.17, 15) is 4.79 Å². The van der Waals surface area contributed by atoms with Crippen LogP contribution in [0.2, 0.25) is 0 Å². The molecule has 2 nitrogen and oxygen atoms in total. The first-order valence-electron chi connectivity index (χ1n) is 5.77. The van der Waals surface area contributed by atoms with Crippen LogP contribution in [0.3, 0.4) is 0 Å². The first kappa shape index (κ1) is 10.9. The number of rotatable bonds is 2. The molecule has 16 heavy (non-hydrogen) atoms. The number of fused-ring (bicyclic) bond motifs is 1. The van der Waals surface area contributed by atoms with Crippen molar-refractivity contribution < 1.29 is 4.79 Å². The van der Waals surface area contributed by atoms with Crippen molar-refractivity contribution in [1.29, 1.82) is 0 Å². The summed E-state index contributed by atoms with van der Waals surface area (Å²) in [7, 11) is 0. The molecule has 2 heteroatoms. The molecule has 1 unspecified atom stereocenters. The van der Waals surface area contributed by atoms with E-state index in [-0.39, 0.29) is 5.91 Å². The van der Waals surface area contributed by atoms with Gasteiger partial charge in [0.15, 0.2) is 0 Å². The average Bonchev–Trinajstić information content (AvgIpc) is 2.30. The second kappa shape index (κ2) is 4.52. The van der Waals surface area contributed by atoms with Crippen LogP contribution in [0.25, 0.3) is 0 Å². The standard InChI is InChI=1S/C14H17NO/c1-3-14(16)15-12-8-7-11-6-4-5-10(2)13(11)9-12/h3,7-10H,1,4-6H2,2H3,(H,15,16). The van der Waals surface area contributed by atoms with Crippen molar-refractivity contribution in [3.8, 4) is 0 Å². The number of carbonyl (C=O) groups excluding carboxylic acids is 1. The number of hydrogen-bond acceptors (Lipinski definition) is 1. The lowest BCUT2D eigenvalue weighted by atomic mass is 9.84. The van der Waals surface area contributed by atoms with Crippen LogP contribution in [0.1, 0.15) is 36.8 Å². The molecular weight excluding hydrogens is 198 g/mol. The third-order valence-corrected chi connectivity index (χ3v) is 3.21. The maximum atomic E-state index is 11.2. The van der Waals surface area contributed by atoms with Gasteiger partial charge in [0.1, 0.15) is 0 Å². The molecule has 1 N–H and O–H groups in total. The fraction of sp³-hybridized carbons (Fsp3) is 0.357. The molecule has 0 saturated carbocycles. The summed E-state index contributed by atoms with van der Waals surface area (Å²) in [5.74, 6) is 0.452. The SMILES string of the molecule is C=CC(=O)Nc1ccc2c(c1)C(C)CCC2. The van der Waals surface area contributed by atoms with E-state index >= 15 is 0 Å². The highest BCUT2D eigenvalue weighted by Gasteiger charge is 2.16. The molecule has 0 bridgehead atoms. The summed E-state index contributed by atoms with van der Waals surface area (Å²) in [6.07, 6.45) is 4.97. The minimum Gasteiger partial charge on any atom is -0.323 e. The molecule has 1 atom stereocenters. The molecule has 0 radical (unpaired) electrons. The maximum Gasteiger partial charge on any atom is 0.247 e. The van der Waals surface area contributed by atoms with Gasteiger partial charge >= 0.3 is 0 Å². The molecule has 1 amide bonds. The second-order valence-electron chi connectivity index (χ2n) is 4.40. The lowest BCUT2D eigenvalue weighted by Gasteiger charge is -2.22. The lowest BCUT2D eigenvalue weighted by Crippen LogP contribution is -2.11. The summed E-state index contributed by atoms with van der Waals surface area (Å²) in [6, 6.07) is 6.20. The van der Waals surface area contributed by atoms with Crippen LogP contribution in [0.4, 0.5) is 5.69 Å². The van der Waals surface area contributed by atoms with Gasteiger partial charge in [-0.05, 0) is 54.5 Å². The van der Waals surface area contributed by atoms with Gasteiger partial charge < -0.3 is 5.32 Å². The van der Waals surface area contributed by atoms with Gasteiger partial charge in [0.25, 0.3) is 0 Å². The Morgan fingerprint density at radius 1 is 1.56 bits per heavy atom. The molecule has 0 aliphatic heterocycles. The molecule has 0 saturated heterocycles. The highest BCUT2D eigenvalue weighted by atomic mass is 16.1. The molecule has 2 rings (SSSR count). The monoisotopic (exact) mass is 215 g/mol. The van der Waals surface area contributed by atoms with Gasteiger partial charge in [0, 0.05) is 5.69 Å². The highest BCUT2D eigenvalue weighted by Crippen LogP contribution is 2.32. The van der Waals surface area contributed by atoms with Crippen molar-refractivity contribution in [2.24, 2.45) is 0 Å². The van der Waals surface area contributed by atoms with E-state index in [1.807, 2.05) is 6.07 Å². The summed E-state index contributed by atoms with van der Waals surface area (Å²) >= 11 is 0. The molecule has 1 aromatic rings. The summed E-state index contributed by atoms with van der Waals surface area (Å²) < 4.78 is 0. The zero-order valence-electron chi connectivity index (χ0n) is 9.62.